The number of rotatable bonds is 3. The Bertz CT molecular complexity index is 701. The van der Waals surface area contributed by atoms with Crippen LogP contribution in [-0.2, 0) is 6.42 Å². The number of nitrogens with two attached hydrogens (primary N) is 1. The van der Waals surface area contributed by atoms with E-state index in [0.717, 1.165) is 34.9 Å². The number of nitrogens with one attached hydrogen (secondary N) is 1. The largest absolute Gasteiger partial charge is 0.382 e. The second-order valence-corrected chi connectivity index (χ2v) is 4.66. The Labute approximate surface area is 111 Å². The molecule has 1 aromatic carbocycles. The zero-order valence-corrected chi connectivity index (χ0v) is 10.9. The van der Waals surface area contributed by atoms with Gasteiger partial charge in [0.05, 0.1) is 5.52 Å². The van der Waals surface area contributed by atoms with Gasteiger partial charge in [-0.1, -0.05) is 13.3 Å². The number of anilines is 1. The highest BCUT2D eigenvalue weighted by Gasteiger charge is 2.10. The standard InChI is InChI=1S/C15H16N4/c1-2-3-10-8-12(11-4-6-17-7-5-11)14-13(9-10)15(16)19-18-14/h4-9H,2-3H2,1H3,(H3,16,18,19). The van der Waals surface area contributed by atoms with Crippen LogP contribution in [0.15, 0.2) is 36.7 Å². The molecule has 0 aliphatic carbocycles. The van der Waals surface area contributed by atoms with Gasteiger partial charge in [-0.05, 0) is 41.8 Å². The summed E-state index contributed by atoms with van der Waals surface area (Å²) < 4.78 is 0. The fourth-order valence-corrected chi connectivity index (χ4v) is 2.39. The molecule has 0 amide bonds. The van der Waals surface area contributed by atoms with Gasteiger partial charge in [-0.2, -0.15) is 5.10 Å². The van der Waals surface area contributed by atoms with Crippen LogP contribution >= 0.6 is 0 Å². The Morgan fingerprint density at radius 3 is 2.74 bits per heavy atom. The number of hydrogen-bond acceptors (Lipinski definition) is 3. The van der Waals surface area contributed by atoms with Gasteiger partial charge in [0.15, 0.2) is 5.82 Å². The van der Waals surface area contributed by atoms with E-state index < -0.39 is 0 Å². The van der Waals surface area contributed by atoms with Crippen LogP contribution in [0, 0.1) is 0 Å². The molecule has 0 atom stereocenters. The van der Waals surface area contributed by atoms with Crippen molar-refractivity contribution in [3.05, 3.63) is 42.2 Å². The molecule has 19 heavy (non-hydrogen) atoms. The average molecular weight is 252 g/mol. The Kier molecular flexibility index (Phi) is 2.91. The summed E-state index contributed by atoms with van der Waals surface area (Å²) in [7, 11) is 0. The van der Waals surface area contributed by atoms with E-state index >= 15 is 0 Å². The maximum Gasteiger partial charge on any atom is 0.153 e. The van der Waals surface area contributed by atoms with Crippen LogP contribution < -0.4 is 5.73 Å². The maximum absolute atomic E-state index is 5.93. The lowest BCUT2D eigenvalue weighted by atomic mass is 9.98. The molecule has 4 heteroatoms. The molecule has 0 bridgehead atoms. The molecule has 3 N–H and O–H groups in total. The van der Waals surface area contributed by atoms with Crippen molar-refractivity contribution in [3.63, 3.8) is 0 Å². The number of aryl methyl sites for hydroxylation is 1. The second-order valence-electron chi connectivity index (χ2n) is 4.66. The lowest BCUT2D eigenvalue weighted by Gasteiger charge is -2.07. The molecule has 3 rings (SSSR count). The van der Waals surface area contributed by atoms with Gasteiger partial charge in [0.25, 0.3) is 0 Å². The predicted octanol–water partition coefficient (Wildman–Crippen LogP) is 3.16. The van der Waals surface area contributed by atoms with Crippen LogP contribution in [0.4, 0.5) is 5.82 Å². The quantitative estimate of drug-likeness (QED) is 0.752. The summed E-state index contributed by atoms with van der Waals surface area (Å²) in [4.78, 5) is 4.06. The van der Waals surface area contributed by atoms with Crippen molar-refractivity contribution in [2.24, 2.45) is 0 Å². The molecule has 0 fully saturated rings. The van der Waals surface area contributed by atoms with Gasteiger partial charge in [0.1, 0.15) is 0 Å². The molecule has 4 nitrogen and oxygen atoms in total. The lowest BCUT2D eigenvalue weighted by molar-refractivity contribution is 0.924. The van der Waals surface area contributed by atoms with E-state index in [4.69, 9.17) is 5.73 Å². The summed E-state index contributed by atoms with van der Waals surface area (Å²) in [6.07, 6.45) is 5.75. The van der Waals surface area contributed by atoms with Crippen LogP contribution in [0.2, 0.25) is 0 Å². The molecule has 2 aromatic heterocycles. The molecule has 0 unspecified atom stereocenters. The highest BCUT2D eigenvalue weighted by Crippen LogP contribution is 2.31. The number of hydrogen-bond donors (Lipinski definition) is 2. The number of fused-ring (bicyclic) bond motifs is 1. The average Bonchev–Trinajstić information content (AvgIpc) is 2.81. The van der Waals surface area contributed by atoms with E-state index in [1.165, 1.54) is 5.56 Å². The Balaban J connectivity index is 2.27. The van der Waals surface area contributed by atoms with Crippen LogP contribution in [-0.4, -0.2) is 15.2 Å². The van der Waals surface area contributed by atoms with E-state index in [1.54, 1.807) is 12.4 Å². The number of H-pyrrole nitrogens is 1. The molecule has 3 aromatic rings. The second kappa shape index (κ2) is 4.72. The van der Waals surface area contributed by atoms with Crippen LogP contribution in [0.25, 0.3) is 22.0 Å². The van der Waals surface area contributed by atoms with Gasteiger partial charge in [-0.15, -0.1) is 0 Å². The van der Waals surface area contributed by atoms with E-state index in [9.17, 15) is 0 Å². The number of aromatic amines is 1. The summed E-state index contributed by atoms with van der Waals surface area (Å²) >= 11 is 0. The van der Waals surface area contributed by atoms with E-state index in [-0.39, 0.29) is 0 Å². The summed E-state index contributed by atoms with van der Waals surface area (Å²) in [6, 6.07) is 8.34. The summed E-state index contributed by atoms with van der Waals surface area (Å²) in [5.74, 6) is 0.559. The minimum absolute atomic E-state index is 0.559. The molecular formula is C15H16N4. The third-order valence-corrected chi connectivity index (χ3v) is 3.29. The van der Waals surface area contributed by atoms with E-state index in [2.05, 4.69) is 34.2 Å². The van der Waals surface area contributed by atoms with Gasteiger partial charge in [0, 0.05) is 23.3 Å². The molecule has 0 aliphatic rings. The zero-order valence-electron chi connectivity index (χ0n) is 10.9. The topological polar surface area (TPSA) is 67.6 Å². The van der Waals surface area contributed by atoms with Crippen molar-refractivity contribution in [1.82, 2.24) is 15.2 Å². The van der Waals surface area contributed by atoms with Gasteiger partial charge >= 0.3 is 0 Å². The molecule has 96 valence electrons. The highest BCUT2D eigenvalue weighted by molar-refractivity contribution is 5.99. The number of nitrogens with zero attached hydrogens (tertiary/aromatic N) is 2. The minimum Gasteiger partial charge on any atom is -0.382 e. The van der Waals surface area contributed by atoms with Gasteiger partial charge in [0.2, 0.25) is 0 Å². The normalized spacial score (nSPS) is 11.0. The van der Waals surface area contributed by atoms with Crippen molar-refractivity contribution in [2.75, 3.05) is 5.73 Å². The summed E-state index contributed by atoms with van der Waals surface area (Å²) in [6.45, 7) is 2.18. The molecular weight excluding hydrogens is 236 g/mol. The van der Waals surface area contributed by atoms with E-state index in [0.29, 0.717) is 5.82 Å². The molecule has 0 aliphatic heterocycles. The SMILES string of the molecule is CCCc1cc(-c2ccncc2)c2[nH]nc(N)c2c1. The minimum atomic E-state index is 0.559. The number of pyridine rings is 1. The summed E-state index contributed by atoms with van der Waals surface area (Å²) in [5.41, 5.74) is 10.5. The molecule has 0 saturated carbocycles. The Hall–Kier alpha value is -2.36. The van der Waals surface area contributed by atoms with Gasteiger partial charge < -0.3 is 5.73 Å². The van der Waals surface area contributed by atoms with Crippen molar-refractivity contribution < 1.29 is 0 Å². The highest BCUT2D eigenvalue weighted by atomic mass is 15.1. The maximum atomic E-state index is 5.93. The Morgan fingerprint density at radius 2 is 2.00 bits per heavy atom. The van der Waals surface area contributed by atoms with Crippen molar-refractivity contribution >= 4 is 16.7 Å². The van der Waals surface area contributed by atoms with Crippen molar-refractivity contribution in [1.29, 1.82) is 0 Å². The van der Waals surface area contributed by atoms with Crippen LogP contribution in [0.5, 0.6) is 0 Å². The lowest BCUT2D eigenvalue weighted by Crippen LogP contribution is -1.89. The van der Waals surface area contributed by atoms with Crippen LogP contribution in [0.1, 0.15) is 18.9 Å². The third kappa shape index (κ3) is 2.05. The van der Waals surface area contributed by atoms with Gasteiger partial charge in [-0.3, -0.25) is 10.1 Å². The van der Waals surface area contributed by atoms with Gasteiger partial charge in [-0.25, -0.2) is 0 Å². The fraction of sp³-hybridized carbons (Fsp3) is 0.200. The zero-order chi connectivity index (χ0) is 13.2. The number of nitrogen functional groups attached to an aromatic ring is 1. The number of benzene rings is 1. The monoisotopic (exact) mass is 252 g/mol. The first-order chi connectivity index (χ1) is 9.29. The molecule has 0 radical (unpaired) electrons. The molecule has 0 saturated heterocycles. The third-order valence-electron chi connectivity index (χ3n) is 3.29. The van der Waals surface area contributed by atoms with Crippen molar-refractivity contribution in [2.45, 2.75) is 19.8 Å². The van der Waals surface area contributed by atoms with E-state index in [1.807, 2.05) is 12.1 Å². The van der Waals surface area contributed by atoms with Crippen LogP contribution in [0.3, 0.4) is 0 Å². The molecule has 2 heterocycles. The first kappa shape index (κ1) is 11.7. The Morgan fingerprint density at radius 1 is 1.21 bits per heavy atom. The van der Waals surface area contributed by atoms with Crippen molar-refractivity contribution in [3.8, 4) is 11.1 Å². The smallest absolute Gasteiger partial charge is 0.153 e. The summed E-state index contributed by atoms with van der Waals surface area (Å²) in [5, 5.41) is 8.15. The molecule has 0 spiro atoms. The number of aromatic nitrogens is 3. The fourth-order valence-electron chi connectivity index (χ4n) is 2.39. The first-order valence-corrected chi connectivity index (χ1v) is 6.46. The predicted molar refractivity (Wildman–Crippen MR) is 77.7 cm³/mol. The first-order valence-electron chi connectivity index (χ1n) is 6.46.